The third-order valence-electron chi connectivity index (χ3n) is 3.19. The molecule has 2 aromatic heterocycles. The Kier molecular flexibility index (Phi) is 5.90. The van der Waals surface area contributed by atoms with Gasteiger partial charge >= 0.3 is 0 Å². The minimum Gasteiger partial charge on any atom is -0.345 e. The Hall–Kier alpha value is -1.29. The molecule has 6 nitrogen and oxygen atoms in total. The Balaban J connectivity index is 2.11. The first-order valence-electron chi connectivity index (χ1n) is 6.93. The van der Waals surface area contributed by atoms with Crippen molar-refractivity contribution in [3.8, 4) is 0 Å². The smallest absolute Gasteiger partial charge is 0.235 e. The molecule has 2 rings (SSSR count). The normalized spacial score (nSPS) is 13.0. The van der Waals surface area contributed by atoms with Crippen LogP contribution >= 0.6 is 22.7 Å². The van der Waals surface area contributed by atoms with E-state index in [0.29, 0.717) is 6.42 Å². The van der Waals surface area contributed by atoms with Gasteiger partial charge in [0, 0.05) is 11.3 Å². The first-order chi connectivity index (χ1) is 10.7. The molecule has 2 heterocycles. The van der Waals surface area contributed by atoms with Crippen LogP contribution < -0.4 is 10.0 Å². The van der Waals surface area contributed by atoms with Gasteiger partial charge in [-0.1, -0.05) is 0 Å². The van der Waals surface area contributed by atoms with Crippen molar-refractivity contribution in [2.75, 3.05) is 12.8 Å². The molecule has 0 aliphatic carbocycles. The molecule has 0 unspecified atom stereocenters. The van der Waals surface area contributed by atoms with E-state index in [-0.39, 0.29) is 18.5 Å². The minimum atomic E-state index is -3.39. The van der Waals surface area contributed by atoms with Gasteiger partial charge in [-0.3, -0.25) is 4.79 Å². The Morgan fingerprint density at radius 3 is 2.65 bits per heavy atom. The molecule has 2 aromatic rings. The number of aryl methyl sites for hydroxylation is 2. The van der Waals surface area contributed by atoms with Gasteiger partial charge in [-0.25, -0.2) is 18.1 Å². The maximum Gasteiger partial charge on any atom is 0.235 e. The van der Waals surface area contributed by atoms with E-state index in [1.807, 2.05) is 30.7 Å². The van der Waals surface area contributed by atoms with Crippen LogP contribution in [-0.2, 0) is 21.2 Å². The van der Waals surface area contributed by atoms with E-state index in [4.69, 9.17) is 0 Å². The van der Waals surface area contributed by atoms with Crippen LogP contribution in [0, 0.1) is 13.8 Å². The van der Waals surface area contributed by atoms with Gasteiger partial charge in [-0.15, -0.1) is 11.3 Å². The fourth-order valence-electron chi connectivity index (χ4n) is 1.93. The van der Waals surface area contributed by atoms with Crippen LogP contribution in [0.5, 0.6) is 0 Å². The number of carbonyl (C=O) groups excluding carboxylic acids is 1. The molecule has 1 atom stereocenters. The number of rotatable bonds is 7. The molecule has 126 valence electrons. The molecular formula is C14H19N3O3S3. The highest BCUT2D eigenvalue weighted by molar-refractivity contribution is 7.88. The predicted molar refractivity (Wildman–Crippen MR) is 93.3 cm³/mol. The number of hydrogen-bond acceptors (Lipinski definition) is 6. The average molecular weight is 374 g/mol. The number of carbonyl (C=O) groups is 1. The zero-order valence-electron chi connectivity index (χ0n) is 13.1. The predicted octanol–water partition coefficient (Wildman–Crippen LogP) is 1.77. The van der Waals surface area contributed by atoms with Gasteiger partial charge in [-0.2, -0.15) is 11.3 Å². The second-order valence-electron chi connectivity index (χ2n) is 5.24. The van der Waals surface area contributed by atoms with Crippen LogP contribution in [0.4, 0.5) is 0 Å². The van der Waals surface area contributed by atoms with E-state index in [1.165, 1.54) is 0 Å². The SMILES string of the molecule is Cc1nc([C@H](Cc2ccsc2)NC(=O)CNS(C)(=O)=O)sc1C. The molecule has 1 amide bonds. The van der Waals surface area contributed by atoms with Crippen LogP contribution in [-0.4, -0.2) is 32.1 Å². The lowest BCUT2D eigenvalue weighted by molar-refractivity contribution is -0.120. The highest BCUT2D eigenvalue weighted by Crippen LogP contribution is 2.26. The molecule has 9 heteroatoms. The van der Waals surface area contributed by atoms with Crippen LogP contribution in [0.2, 0.25) is 0 Å². The molecule has 0 aliphatic heterocycles. The zero-order valence-corrected chi connectivity index (χ0v) is 15.6. The molecule has 0 aromatic carbocycles. The Bertz CT molecular complexity index is 747. The molecule has 2 N–H and O–H groups in total. The second-order valence-corrected chi connectivity index (χ2v) is 9.09. The number of amides is 1. The quantitative estimate of drug-likeness (QED) is 0.774. The van der Waals surface area contributed by atoms with Crippen LogP contribution in [0.1, 0.15) is 27.2 Å². The number of hydrogen-bond donors (Lipinski definition) is 2. The highest BCUT2D eigenvalue weighted by atomic mass is 32.2. The monoisotopic (exact) mass is 373 g/mol. The first-order valence-corrected chi connectivity index (χ1v) is 10.6. The van der Waals surface area contributed by atoms with E-state index in [2.05, 4.69) is 15.0 Å². The van der Waals surface area contributed by atoms with Crippen molar-refractivity contribution in [2.24, 2.45) is 0 Å². The Morgan fingerprint density at radius 1 is 1.39 bits per heavy atom. The third kappa shape index (κ3) is 5.69. The van der Waals surface area contributed by atoms with E-state index in [1.54, 1.807) is 22.7 Å². The zero-order chi connectivity index (χ0) is 17.0. The van der Waals surface area contributed by atoms with Gasteiger partial charge in [0.15, 0.2) is 0 Å². The Morgan fingerprint density at radius 2 is 2.13 bits per heavy atom. The van der Waals surface area contributed by atoms with Crippen LogP contribution in [0.3, 0.4) is 0 Å². The second kappa shape index (κ2) is 7.52. The summed E-state index contributed by atoms with van der Waals surface area (Å²) < 4.78 is 24.4. The molecule has 0 aliphatic rings. The number of thiazole rings is 1. The highest BCUT2D eigenvalue weighted by Gasteiger charge is 2.20. The van der Waals surface area contributed by atoms with Gasteiger partial charge in [0.25, 0.3) is 0 Å². The minimum absolute atomic E-state index is 0.268. The van der Waals surface area contributed by atoms with Crippen LogP contribution in [0.25, 0.3) is 0 Å². The molecule has 0 radical (unpaired) electrons. The summed E-state index contributed by atoms with van der Waals surface area (Å²) in [6, 6.07) is 1.74. The number of nitrogens with zero attached hydrogens (tertiary/aromatic N) is 1. The summed E-state index contributed by atoms with van der Waals surface area (Å²) in [6.45, 7) is 3.65. The lowest BCUT2D eigenvalue weighted by Gasteiger charge is -2.16. The molecule has 0 fully saturated rings. The third-order valence-corrected chi connectivity index (χ3v) is 5.78. The van der Waals surface area contributed by atoms with Crippen LogP contribution in [0.15, 0.2) is 16.8 Å². The molecular weight excluding hydrogens is 354 g/mol. The summed E-state index contributed by atoms with van der Waals surface area (Å²) in [5.74, 6) is -0.374. The standard InChI is InChI=1S/C14H19N3O3S3/c1-9-10(2)22-14(16-9)12(6-11-4-5-21-8-11)17-13(18)7-15-23(3,19)20/h4-5,8,12,15H,6-7H2,1-3H3,(H,17,18)/t12-/m0/s1. The maximum absolute atomic E-state index is 12.0. The largest absolute Gasteiger partial charge is 0.345 e. The van der Waals surface area contributed by atoms with E-state index in [0.717, 1.165) is 27.4 Å². The number of aromatic nitrogens is 1. The maximum atomic E-state index is 12.0. The van der Waals surface area contributed by atoms with Gasteiger partial charge in [-0.05, 0) is 36.2 Å². The van der Waals surface area contributed by atoms with Gasteiger partial charge in [0.05, 0.1) is 24.5 Å². The van der Waals surface area contributed by atoms with Crippen molar-refractivity contribution in [3.05, 3.63) is 38.0 Å². The fraction of sp³-hybridized carbons (Fsp3) is 0.429. The van der Waals surface area contributed by atoms with Crippen molar-refractivity contribution in [1.82, 2.24) is 15.0 Å². The molecule has 0 saturated heterocycles. The lowest BCUT2D eigenvalue weighted by Crippen LogP contribution is -2.38. The average Bonchev–Trinajstić information content (AvgIpc) is 3.06. The number of thiophene rings is 1. The topological polar surface area (TPSA) is 88.2 Å². The van der Waals surface area contributed by atoms with Crippen molar-refractivity contribution in [1.29, 1.82) is 0 Å². The number of sulfonamides is 1. The number of nitrogens with one attached hydrogen (secondary N) is 2. The van der Waals surface area contributed by atoms with Crippen molar-refractivity contribution < 1.29 is 13.2 Å². The molecule has 0 bridgehead atoms. The van der Waals surface area contributed by atoms with Gasteiger partial charge < -0.3 is 5.32 Å². The summed E-state index contributed by atoms with van der Waals surface area (Å²) in [4.78, 5) is 17.7. The molecule has 0 spiro atoms. The van der Waals surface area contributed by atoms with Crippen molar-refractivity contribution >= 4 is 38.6 Å². The Labute approximate surface area is 144 Å². The fourth-order valence-corrected chi connectivity index (χ4v) is 3.98. The van der Waals surface area contributed by atoms with Crippen molar-refractivity contribution in [2.45, 2.75) is 26.3 Å². The van der Waals surface area contributed by atoms with E-state index in [9.17, 15) is 13.2 Å². The van der Waals surface area contributed by atoms with E-state index >= 15 is 0 Å². The summed E-state index contributed by atoms with van der Waals surface area (Å²) in [6.07, 6.45) is 1.65. The van der Waals surface area contributed by atoms with Crippen molar-refractivity contribution in [3.63, 3.8) is 0 Å². The van der Waals surface area contributed by atoms with Gasteiger partial charge in [0.1, 0.15) is 5.01 Å². The van der Waals surface area contributed by atoms with E-state index < -0.39 is 10.0 Å². The molecule has 0 saturated carbocycles. The summed E-state index contributed by atoms with van der Waals surface area (Å²) in [5.41, 5.74) is 2.06. The molecule has 23 heavy (non-hydrogen) atoms. The summed E-state index contributed by atoms with van der Waals surface area (Å²) in [7, 11) is -3.39. The van der Waals surface area contributed by atoms with Gasteiger partial charge in [0.2, 0.25) is 15.9 Å². The summed E-state index contributed by atoms with van der Waals surface area (Å²) in [5, 5.41) is 7.72. The summed E-state index contributed by atoms with van der Waals surface area (Å²) >= 11 is 3.15. The first kappa shape index (κ1) is 18.1. The lowest BCUT2D eigenvalue weighted by atomic mass is 10.1.